The Labute approximate surface area is 355 Å². The van der Waals surface area contributed by atoms with Crippen LogP contribution in [-0.4, -0.2) is 94.7 Å². The van der Waals surface area contributed by atoms with E-state index in [0.29, 0.717) is 12.7 Å². The van der Waals surface area contributed by atoms with Crippen molar-refractivity contribution in [3.05, 3.63) is 24.8 Å². The van der Waals surface area contributed by atoms with Crippen molar-refractivity contribution < 1.29 is 48.2 Å². The van der Waals surface area contributed by atoms with Crippen LogP contribution in [0.1, 0.15) is 87.1 Å². The van der Waals surface area contributed by atoms with Gasteiger partial charge in [-0.3, -0.25) is 38.4 Å². The molecular weight excluding hydrogens is 956 g/mol. The van der Waals surface area contributed by atoms with Crippen LogP contribution >= 0.6 is 45.2 Å². The van der Waals surface area contributed by atoms with Crippen molar-refractivity contribution in [1.82, 2.24) is 26.6 Å². The highest BCUT2D eigenvalue weighted by molar-refractivity contribution is 14.1. The number of hydrogen-bond donors (Lipinski definition) is 8. The Morgan fingerprint density at radius 1 is 0.750 bits per heavy atom. The van der Waals surface area contributed by atoms with E-state index in [1.165, 1.54) is 0 Å². The molecule has 17 nitrogen and oxygen atoms in total. The van der Waals surface area contributed by atoms with Gasteiger partial charge in [0.05, 0.1) is 32.1 Å². The van der Waals surface area contributed by atoms with E-state index in [1.807, 2.05) is 59.0 Å². The van der Waals surface area contributed by atoms with Gasteiger partial charge >= 0.3 is 5.97 Å². The number of hydrogen-bond acceptors (Lipinski definition) is 11. The minimum atomic E-state index is -1.67. The van der Waals surface area contributed by atoms with E-state index in [-0.39, 0.29) is 24.5 Å². The van der Waals surface area contributed by atoms with Gasteiger partial charge in [-0.25, -0.2) is 0 Å². The van der Waals surface area contributed by atoms with Gasteiger partial charge in [0.1, 0.15) is 35.5 Å². The largest absolute Gasteiger partial charge is 0.506 e. The van der Waals surface area contributed by atoms with Gasteiger partial charge in [-0.1, -0.05) is 41.5 Å². The average molecular weight is 1010 g/mol. The van der Waals surface area contributed by atoms with E-state index in [2.05, 4.69) is 26.6 Å². The van der Waals surface area contributed by atoms with E-state index >= 15 is 0 Å². The SMILES string of the molecule is CC(C)C[C@@H]([C]=O)NC(=O)[C@H](CC(=O)OC(C)(C)C)NC(=O)[C@H](CC(N)=O)NC(=O)[C@@H](NC(=O)[C@@H](NC(=O)[C@@H](N)Cc1cc(I)c(O)c(I)c1)C(C)C)C(C)C. The second kappa shape index (κ2) is 23.0. The Balaban J connectivity index is 3.25. The van der Waals surface area contributed by atoms with Gasteiger partial charge in [0.15, 0.2) is 0 Å². The summed E-state index contributed by atoms with van der Waals surface area (Å²) < 4.78 is 6.48. The van der Waals surface area contributed by atoms with Gasteiger partial charge in [-0.2, -0.15) is 0 Å². The topological polar surface area (TPSA) is 278 Å². The second-order valence-corrected chi connectivity index (χ2v) is 17.9. The quantitative estimate of drug-likeness (QED) is 0.0635. The maximum absolute atomic E-state index is 13.7. The van der Waals surface area contributed by atoms with E-state index < -0.39 is 108 Å². The van der Waals surface area contributed by atoms with Gasteiger partial charge in [0.2, 0.25) is 41.7 Å². The lowest BCUT2D eigenvalue weighted by Gasteiger charge is -2.29. The maximum atomic E-state index is 13.7. The third-order valence-electron chi connectivity index (χ3n) is 7.99. The molecule has 56 heavy (non-hydrogen) atoms. The van der Waals surface area contributed by atoms with Gasteiger partial charge in [0, 0.05) is 0 Å². The van der Waals surface area contributed by atoms with Crippen molar-refractivity contribution in [1.29, 1.82) is 0 Å². The normalized spacial score (nSPS) is 14.8. The summed E-state index contributed by atoms with van der Waals surface area (Å²) in [6.07, 6.45) is 0.664. The molecule has 1 aromatic carbocycles. The zero-order chi connectivity index (χ0) is 43.2. The summed E-state index contributed by atoms with van der Waals surface area (Å²) in [7, 11) is 0. The lowest BCUT2D eigenvalue weighted by Crippen LogP contribution is -2.61. The van der Waals surface area contributed by atoms with E-state index in [0.717, 1.165) is 0 Å². The molecule has 0 aliphatic heterocycles. The number of primary amides is 1. The molecule has 6 amide bonds. The molecule has 313 valence electrons. The molecule has 0 fully saturated rings. The number of esters is 1. The second-order valence-electron chi connectivity index (χ2n) is 15.6. The van der Waals surface area contributed by atoms with E-state index in [4.69, 9.17) is 16.2 Å². The first kappa shape index (κ1) is 50.4. The fourth-order valence-electron chi connectivity index (χ4n) is 5.24. The Kier molecular flexibility index (Phi) is 20.7. The van der Waals surface area contributed by atoms with Crippen LogP contribution in [0.25, 0.3) is 0 Å². The molecule has 0 unspecified atom stereocenters. The molecule has 10 N–H and O–H groups in total. The maximum Gasteiger partial charge on any atom is 0.308 e. The smallest absolute Gasteiger partial charge is 0.308 e. The van der Waals surface area contributed by atoms with Crippen LogP contribution in [0.5, 0.6) is 5.75 Å². The predicted octanol–water partition coefficient (Wildman–Crippen LogP) is 0.970. The highest BCUT2D eigenvalue weighted by Crippen LogP contribution is 2.27. The molecule has 0 aliphatic rings. The van der Waals surface area contributed by atoms with Crippen LogP contribution in [0.3, 0.4) is 0 Å². The fourth-order valence-corrected chi connectivity index (χ4v) is 7.14. The number of ether oxygens (including phenoxy) is 1. The highest BCUT2D eigenvalue weighted by Gasteiger charge is 2.36. The third kappa shape index (κ3) is 17.7. The van der Waals surface area contributed by atoms with Crippen molar-refractivity contribution in [3.8, 4) is 5.75 Å². The van der Waals surface area contributed by atoms with Crippen molar-refractivity contribution in [2.45, 2.75) is 130 Å². The first-order valence-electron chi connectivity index (χ1n) is 18.1. The van der Waals surface area contributed by atoms with Crippen LogP contribution in [0.4, 0.5) is 0 Å². The van der Waals surface area contributed by atoms with Gasteiger partial charge in [-0.15, -0.1) is 0 Å². The Morgan fingerprint density at radius 2 is 1.20 bits per heavy atom. The van der Waals surface area contributed by atoms with Gasteiger partial charge < -0.3 is 47.9 Å². The number of aromatic hydroxyl groups is 1. The summed E-state index contributed by atoms with van der Waals surface area (Å²) in [6, 6.07) is -4.42. The van der Waals surface area contributed by atoms with Crippen molar-refractivity contribution in [2.24, 2.45) is 29.2 Å². The Morgan fingerprint density at radius 3 is 1.64 bits per heavy atom. The zero-order valence-electron chi connectivity index (χ0n) is 33.2. The Bertz CT molecular complexity index is 1580. The fraction of sp³-hybridized carbons (Fsp3) is 0.622. The summed E-state index contributed by atoms with van der Waals surface area (Å²) >= 11 is 3.93. The van der Waals surface area contributed by atoms with E-state index in [9.17, 15) is 43.5 Å². The van der Waals surface area contributed by atoms with Gasteiger partial charge in [0.25, 0.3) is 0 Å². The molecule has 0 saturated heterocycles. The predicted molar refractivity (Wildman–Crippen MR) is 224 cm³/mol. The number of rotatable bonds is 21. The number of phenolic OH excluding ortho intramolecular Hbond substituents is 1. The first-order valence-corrected chi connectivity index (χ1v) is 20.2. The number of nitrogens with one attached hydrogen (secondary N) is 5. The Hall–Kier alpha value is -3.60. The number of amides is 6. The summed E-state index contributed by atoms with van der Waals surface area (Å²) in [5.74, 6) is -7.02. The van der Waals surface area contributed by atoms with Crippen LogP contribution in [-0.2, 0) is 49.5 Å². The van der Waals surface area contributed by atoms with Crippen LogP contribution in [0, 0.1) is 24.9 Å². The van der Waals surface area contributed by atoms with Crippen LogP contribution in [0.15, 0.2) is 12.1 Å². The molecule has 0 bridgehead atoms. The number of carbonyl (C=O) groups excluding carboxylic acids is 8. The van der Waals surface area contributed by atoms with Crippen molar-refractivity contribution >= 4 is 92.9 Å². The monoisotopic (exact) mass is 1010 g/mol. The van der Waals surface area contributed by atoms with Crippen LogP contribution < -0.4 is 38.1 Å². The zero-order valence-corrected chi connectivity index (χ0v) is 37.5. The van der Waals surface area contributed by atoms with E-state index in [1.54, 1.807) is 66.9 Å². The van der Waals surface area contributed by atoms with Crippen molar-refractivity contribution in [3.63, 3.8) is 0 Å². The number of nitrogens with two attached hydrogens (primary N) is 2. The number of halogens is 2. The lowest BCUT2D eigenvalue weighted by atomic mass is 9.98. The molecule has 1 radical (unpaired) electrons. The molecule has 1 aromatic rings. The number of benzene rings is 1. The molecule has 6 atom stereocenters. The number of carbonyl (C=O) groups is 7. The molecular formula is C37H56I2N7O10. The standard InChI is InChI=1S/C37H56I2N7O10/c1-17(2)10-21(16-47)42-33(52)26(15-28(49)56-37(7,8)9)43-34(53)25(14-27(41)48)44-35(54)29(18(3)4)46-36(55)30(19(5)6)45-32(51)24(40)13-20-11-22(38)31(50)23(39)12-20/h11-12,17-19,21,24-26,29-30,50H,10,13-15,40H2,1-9H3,(H2,41,48)(H,42,52)(H,43,53)(H,44,54)(H,45,51)(H,46,55)/t21-,24-,25-,26-,29-,30-/m0/s1. The molecule has 0 heterocycles. The molecule has 0 saturated carbocycles. The molecule has 0 aromatic heterocycles. The summed E-state index contributed by atoms with van der Waals surface area (Å²) in [4.78, 5) is 104. The highest BCUT2D eigenvalue weighted by atomic mass is 127. The van der Waals surface area contributed by atoms with Crippen LogP contribution in [0.2, 0.25) is 0 Å². The minimum absolute atomic E-state index is 0.0142. The summed E-state index contributed by atoms with van der Waals surface area (Å²) in [5, 5.41) is 22.6. The summed E-state index contributed by atoms with van der Waals surface area (Å²) in [6.45, 7) is 15.0. The average Bonchev–Trinajstić information content (AvgIpc) is 3.05. The third-order valence-corrected chi connectivity index (χ3v) is 9.64. The number of phenols is 1. The molecule has 1 rings (SSSR count). The first-order chi connectivity index (χ1) is 25.8. The molecule has 0 aliphatic carbocycles. The summed E-state index contributed by atoms with van der Waals surface area (Å²) in [5.41, 5.74) is 11.4. The molecule has 19 heteroatoms. The lowest BCUT2D eigenvalue weighted by molar-refractivity contribution is -0.156. The molecule has 0 spiro atoms. The van der Waals surface area contributed by atoms with Gasteiger partial charge in [-0.05, 0) is 114 Å². The minimum Gasteiger partial charge on any atom is -0.506 e. The van der Waals surface area contributed by atoms with Crippen molar-refractivity contribution in [2.75, 3.05) is 0 Å².